The quantitative estimate of drug-likeness (QED) is 0.772. The Hall–Kier alpha value is -3.15. The molecule has 2 amide bonds. The summed E-state index contributed by atoms with van der Waals surface area (Å²) in [6.07, 6.45) is 2.30. The third-order valence-corrected chi connectivity index (χ3v) is 3.07. The largest absolute Gasteiger partial charge is 0.444 e. The predicted octanol–water partition coefficient (Wildman–Crippen LogP) is 4.82. The van der Waals surface area contributed by atoms with E-state index in [4.69, 9.17) is 4.74 Å². The summed E-state index contributed by atoms with van der Waals surface area (Å²) in [6, 6.07) is 12.5. The average Bonchev–Trinajstić information content (AvgIpc) is 2.53. The Morgan fingerprint density at radius 2 is 1.62 bits per heavy atom. The van der Waals surface area contributed by atoms with Gasteiger partial charge in [-0.05, 0) is 68.8 Å². The Kier molecular flexibility index (Phi) is 6.11. The van der Waals surface area contributed by atoms with E-state index in [2.05, 4.69) is 10.6 Å². The van der Waals surface area contributed by atoms with E-state index >= 15 is 0 Å². The molecule has 0 fully saturated rings. The number of nitrogens with one attached hydrogen (secondary N) is 2. The van der Waals surface area contributed by atoms with Crippen LogP contribution >= 0.6 is 0 Å². The summed E-state index contributed by atoms with van der Waals surface area (Å²) in [5.74, 6) is -0.706. The molecule has 2 N–H and O–H groups in total. The minimum absolute atomic E-state index is 0.345. The first-order valence-corrected chi connectivity index (χ1v) is 8.06. The van der Waals surface area contributed by atoms with Gasteiger partial charge in [0.1, 0.15) is 11.4 Å². The van der Waals surface area contributed by atoms with Crippen molar-refractivity contribution >= 4 is 29.5 Å². The lowest BCUT2D eigenvalue weighted by Gasteiger charge is -2.19. The highest BCUT2D eigenvalue weighted by Crippen LogP contribution is 2.15. The van der Waals surface area contributed by atoms with E-state index < -0.39 is 11.7 Å². The van der Waals surface area contributed by atoms with Crippen LogP contribution in [0, 0.1) is 5.82 Å². The second-order valence-electron chi connectivity index (χ2n) is 6.58. The topological polar surface area (TPSA) is 67.4 Å². The van der Waals surface area contributed by atoms with Crippen LogP contribution in [0.2, 0.25) is 0 Å². The molecular formula is C20H21FN2O3. The lowest BCUT2D eigenvalue weighted by molar-refractivity contribution is -0.111. The van der Waals surface area contributed by atoms with E-state index in [1.54, 1.807) is 57.2 Å². The number of hydrogen-bond acceptors (Lipinski definition) is 3. The first-order valence-electron chi connectivity index (χ1n) is 8.06. The molecule has 136 valence electrons. The summed E-state index contributed by atoms with van der Waals surface area (Å²) in [5, 5.41) is 5.29. The van der Waals surface area contributed by atoms with Gasteiger partial charge in [0, 0.05) is 17.5 Å². The standard InChI is InChI=1S/C20H21FN2O3/c1-20(2,3)26-19(25)23-17-10-8-16(9-11-17)22-18(24)12-7-14-5-4-6-15(21)13-14/h4-13H,1-3H3,(H,22,24)(H,23,25). The van der Waals surface area contributed by atoms with Crippen LogP contribution in [0.1, 0.15) is 26.3 Å². The molecule has 0 aliphatic heterocycles. The first-order chi connectivity index (χ1) is 12.2. The van der Waals surface area contributed by atoms with Crippen molar-refractivity contribution in [2.24, 2.45) is 0 Å². The normalized spacial score (nSPS) is 11.2. The molecule has 2 rings (SSSR count). The molecule has 0 saturated carbocycles. The SMILES string of the molecule is CC(C)(C)OC(=O)Nc1ccc(NC(=O)C=Cc2cccc(F)c2)cc1. The van der Waals surface area contributed by atoms with Gasteiger partial charge in [-0.3, -0.25) is 10.1 Å². The summed E-state index contributed by atoms with van der Waals surface area (Å²) in [6.45, 7) is 5.34. The van der Waals surface area contributed by atoms with E-state index in [0.717, 1.165) is 0 Å². The second-order valence-corrected chi connectivity index (χ2v) is 6.58. The number of carbonyl (C=O) groups excluding carboxylic acids is 2. The van der Waals surface area contributed by atoms with E-state index in [1.807, 2.05) is 0 Å². The fourth-order valence-electron chi connectivity index (χ4n) is 2.02. The highest BCUT2D eigenvalue weighted by atomic mass is 19.1. The van der Waals surface area contributed by atoms with Gasteiger partial charge in [0.25, 0.3) is 0 Å². The lowest BCUT2D eigenvalue weighted by Crippen LogP contribution is -2.27. The predicted molar refractivity (Wildman–Crippen MR) is 100 cm³/mol. The molecule has 0 heterocycles. The Balaban J connectivity index is 1.90. The zero-order valence-corrected chi connectivity index (χ0v) is 14.9. The fraction of sp³-hybridized carbons (Fsp3) is 0.200. The van der Waals surface area contributed by atoms with Gasteiger partial charge in [-0.1, -0.05) is 12.1 Å². The molecule has 0 spiro atoms. The maximum Gasteiger partial charge on any atom is 0.412 e. The van der Waals surface area contributed by atoms with Gasteiger partial charge in [0.05, 0.1) is 0 Å². The molecule has 2 aromatic carbocycles. The Labute approximate surface area is 151 Å². The van der Waals surface area contributed by atoms with E-state index in [0.29, 0.717) is 16.9 Å². The fourth-order valence-corrected chi connectivity index (χ4v) is 2.02. The number of ether oxygens (including phenoxy) is 1. The van der Waals surface area contributed by atoms with Crippen molar-refractivity contribution in [2.45, 2.75) is 26.4 Å². The van der Waals surface area contributed by atoms with Gasteiger partial charge in [-0.25, -0.2) is 9.18 Å². The highest BCUT2D eigenvalue weighted by molar-refractivity contribution is 6.02. The third kappa shape index (κ3) is 6.76. The summed E-state index contributed by atoms with van der Waals surface area (Å²) in [4.78, 5) is 23.6. The van der Waals surface area contributed by atoms with Crippen molar-refractivity contribution in [3.8, 4) is 0 Å². The monoisotopic (exact) mass is 356 g/mol. The van der Waals surface area contributed by atoms with Crippen molar-refractivity contribution in [1.82, 2.24) is 0 Å². The van der Waals surface area contributed by atoms with Gasteiger partial charge < -0.3 is 10.1 Å². The van der Waals surface area contributed by atoms with Gasteiger partial charge >= 0.3 is 6.09 Å². The molecule has 0 aliphatic rings. The smallest absolute Gasteiger partial charge is 0.412 e. The molecule has 0 aromatic heterocycles. The number of hydrogen-bond donors (Lipinski definition) is 2. The van der Waals surface area contributed by atoms with E-state index in [-0.39, 0.29) is 11.7 Å². The summed E-state index contributed by atoms with van der Waals surface area (Å²) in [7, 11) is 0. The lowest BCUT2D eigenvalue weighted by atomic mass is 10.2. The van der Waals surface area contributed by atoms with Crippen molar-refractivity contribution in [3.05, 3.63) is 66.0 Å². The van der Waals surface area contributed by atoms with Crippen LogP contribution in [0.25, 0.3) is 6.08 Å². The molecule has 2 aromatic rings. The van der Waals surface area contributed by atoms with Gasteiger partial charge in [0.15, 0.2) is 0 Å². The number of amides is 2. The van der Waals surface area contributed by atoms with Crippen LogP contribution < -0.4 is 10.6 Å². The molecule has 6 heteroatoms. The number of rotatable bonds is 4. The van der Waals surface area contributed by atoms with Gasteiger partial charge in [0.2, 0.25) is 5.91 Å². The summed E-state index contributed by atoms with van der Waals surface area (Å²) in [5.41, 5.74) is 1.13. The van der Waals surface area contributed by atoms with Crippen molar-refractivity contribution in [1.29, 1.82) is 0 Å². The molecule has 0 saturated heterocycles. The molecule has 5 nitrogen and oxygen atoms in total. The first kappa shape index (κ1) is 19.2. The third-order valence-electron chi connectivity index (χ3n) is 3.07. The maximum atomic E-state index is 13.1. The number of halogens is 1. The number of anilines is 2. The van der Waals surface area contributed by atoms with E-state index in [1.165, 1.54) is 24.3 Å². The Bertz CT molecular complexity index is 809. The van der Waals surface area contributed by atoms with E-state index in [9.17, 15) is 14.0 Å². The highest BCUT2D eigenvalue weighted by Gasteiger charge is 2.16. The summed E-state index contributed by atoms with van der Waals surface area (Å²) < 4.78 is 18.2. The second kappa shape index (κ2) is 8.29. The molecular weight excluding hydrogens is 335 g/mol. The van der Waals surface area contributed by atoms with Crippen LogP contribution in [0.5, 0.6) is 0 Å². The number of benzene rings is 2. The van der Waals surface area contributed by atoms with Crippen molar-refractivity contribution < 1.29 is 18.7 Å². The molecule has 26 heavy (non-hydrogen) atoms. The molecule has 0 radical (unpaired) electrons. The zero-order valence-electron chi connectivity index (χ0n) is 14.9. The maximum absolute atomic E-state index is 13.1. The van der Waals surface area contributed by atoms with Gasteiger partial charge in [-0.2, -0.15) is 0 Å². The molecule has 0 bridgehead atoms. The minimum Gasteiger partial charge on any atom is -0.444 e. The van der Waals surface area contributed by atoms with Crippen LogP contribution in [-0.2, 0) is 9.53 Å². The van der Waals surface area contributed by atoms with Crippen LogP contribution in [-0.4, -0.2) is 17.6 Å². The van der Waals surface area contributed by atoms with Gasteiger partial charge in [-0.15, -0.1) is 0 Å². The zero-order chi connectivity index (χ0) is 19.2. The van der Waals surface area contributed by atoms with Crippen molar-refractivity contribution in [3.63, 3.8) is 0 Å². The average molecular weight is 356 g/mol. The van der Waals surface area contributed by atoms with Crippen molar-refractivity contribution in [2.75, 3.05) is 10.6 Å². The molecule has 0 aliphatic carbocycles. The van der Waals surface area contributed by atoms with Crippen LogP contribution in [0.4, 0.5) is 20.6 Å². The molecule has 0 unspecified atom stereocenters. The molecule has 0 atom stereocenters. The summed E-state index contributed by atoms with van der Waals surface area (Å²) >= 11 is 0. The Morgan fingerprint density at radius 1 is 1.00 bits per heavy atom. The van der Waals surface area contributed by atoms with Crippen LogP contribution in [0.15, 0.2) is 54.6 Å². The number of carbonyl (C=O) groups is 2. The minimum atomic E-state index is -0.577. The Morgan fingerprint density at radius 3 is 2.19 bits per heavy atom. The van der Waals surface area contributed by atoms with Crippen LogP contribution in [0.3, 0.4) is 0 Å².